The van der Waals surface area contributed by atoms with Gasteiger partial charge in [0.15, 0.2) is 0 Å². The summed E-state index contributed by atoms with van der Waals surface area (Å²) in [6, 6.07) is 3.27. The summed E-state index contributed by atoms with van der Waals surface area (Å²) < 4.78 is 0. The molecule has 2 aliphatic rings. The van der Waals surface area contributed by atoms with Gasteiger partial charge >= 0.3 is 0 Å². The van der Waals surface area contributed by atoms with E-state index in [9.17, 15) is 0 Å². The Morgan fingerprint density at radius 3 is 2.63 bits per heavy atom. The highest BCUT2D eigenvalue weighted by Crippen LogP contribution is 2.18. The molecule has 0 spiro atoms. The lowest BCUT2D eigenvalue weighted by atomic mass is 9.95. The zero-order valence-electron chi connectivity index (χ0n) is 21.4. The number of hydrogen-bond donors (Lipinski definition) is 5. The summed E-state index contributed by atoms with van der Waals surface area (Å²) in [7, 11) is 0. The number of hydrogen-bond acceptors (Lipinski definition) is 9. The molecule has 9 heteroatoms. The standard InChI is InChI=1S/C26H44N8S/c1-20-17-24(32-22-10-15-28-16-11-22)34-26(31-20)30-18-25-33-23(19-35-25)9-5-12-27-13-6-14-29-21-7-3-2-4-8-21/h17,19,21-22,27-29H,2-16,18H2,1H3,(H2,30,31,32,34). The number of aryl methyl sites for hydroxylation is 2. The molecule has 1 aliphatic carbocycles. The molecule has 3 heterocycles. The van der Waals surface area contributed by atoms with Crippen molar-refractivity contribution in [2.24, 2.45) is 0 Å². The molecular formula is C26H44N8S. The van der Waals surface area contributed by atoms with Crippen LogP contribution >= 0.6 is 11.3 Å². The van der Waals surface area contributed by atoms with Gasteiger partial charge in [-0.15, -0.1) is 11.3 Å². The van der Waals surface area contributed by atoms with Crippen molar-refractivity contribution < 1.29 is 0 Å². The predicted octanol–water partition coefficient (Wildman–Crippen LogP) is 3.85. The van der Waals surface area contributed by atoms with Crippen LogP contribution in [0.3, 0.4) is 0 Å². The second-order valence-electron chi connectivity index (χ2n) is 9.97. The van der Waals surface area contributed by atoms with Gasteiger partial charge in [-0.3, -0.25) is 0 Å². The van der Waals surface area contributed by atoms with Crippen LogP contribution in [0.4, 0.5) is 11.8 Å². The van der Waals surface area contributed by atoms with E-state index in [1.165, 1.54) is 44.2 Å². The maximum atomic E-state index is 4.80. The van der Waals surface area contributed by atoms with Crippen LogP contribution in [0.2, 0.25) is 0 Å². The molecule has 1 saturated carbocycles. The summed E-state index contributed by atoms with van der Waals surface area (Å²) in [4.78, 5) is 14.0. The Labute approximate surface area is 214 Å². The number of nitrogens with one attached hydrogen (secondary N) is 5. The molecule has 2 fully saturated rings. The normalized spacial score (nSPS) is 17.5. The molecule has 2 aromatic heterocycles. The third-order valence-electron chi connectivity index (χ3n) is 6.90. The van der Waals surface area contributed by atoms with E-state index in [1.54, 1.807) is 11.3 Å². The Hall–Kier alpha value is -1.81. The molecule has 0 amide bonds. The molecule has 5 N–H and O–H groups in total. The van der Waals surface area contributed by atoms with Crippen molar-refractivity contribution in [1.29, 1.82) is 0 Å². The molecule has 1 saturated heterocycles. The summed E-state index contributed by atoms with van der Waals surface area (Å²) in [5.41, 5.74) is 2.15. The highest BCUT2D eigenvalue weighted by molar-refractivity contribution is 7.09. The summed E-state index contributed by atoms with van der Waals surface area (Å²) in [6.07, 6.45) is 12.6. The summed E-state index contributed by atoms with van der Waals surface area (Å²) >= 11 is 1.71. The Balaban J connectivity index is 1.09. The van der Waals surface area contributed by atoms with Gasteiger partial charge in [0.2, 0.25) is 5.95 Å². The Bertz CT molecular complexity index is 861. The third-order valence-corrected chi connectivity index (χ3v) is 7.80. The zero-order valence-corrected chi connectivity index (χ0v) is 22.2. The molecule has 8 nitrogen and oxygen atoms in total. The van der Waals surface area contributed by atoms with E-state index in [0.717, 1.165) is 81.0 Å². The number of rotatable bonds is 14. The maximum Gasteiger partial charge on any atom is 0.225 e. The molecule has 0 bridgehead atoms. The van der Waals surface area contributed by atoms with Crippen molar-refractivity contribution in [3.8, 4) is 0 Å². The van der Waals surface area contributed by atoms with Gasteiger partial charge in [0.1, 0.15) is 10.8 Å². The molecule has 0 aromatic carbocycles. The minimum absolute atomic E-state index is 0.479. The van der Waals surface area contributed by atoms with E-state index < -0.39 is 0 Å². The van der Waals surface area contributed by atoms with Gasteiger partial charge < -0.3 is 26.6 Å². The number of nitrogens with zero attached hydrogens (tertiary/aromatic N) is 3. The van der Waals surface area contributed by atoms with Crippen LogP contribution in [0.1, 0.15) is 74.2 Å². The number of thiazole rings is 1. The third kappa shape index (κ3) is 9.63. The average Bonchev–Trinajstić information content (AvgIpc) is 3.33. The van der Waals surface area contributed by atoms with E-state index >= 15 is 0 Å². The Morgan fingerprint density at radius 1 is 0.943 bits per heavy atom. The molecular weight excluding hydrogens is 456 g/mol. The van der Waals surface area contributed by atoms with Crippen LogP contribution in [-0.2, 0) is 13.0 Å². The summed E-state index contributed by atoms with van der Waals surface area (Å²) in [5, 5.41) is 20.9. The lowest BCUT2D eigenvalue weighted by molar-refractivity contribution is 0.371. The van der Waals surface area contributed by atoms with E-state index in [1.807, 2.05) is 13.0 Å². The lowest BCUT2D eigenvalue weighted by Crippen LogP contribution is -2.35. The van der Waals surface area contributed by atoms with Gasteiger partial charge in [0.05, 0.1) is 12.2 Å². The fourth-order valence-electron chi connectivity index (χ4n) is 4.94. The topological polar surface area (TPSA) is 98.8 Å². The van der Waals surface area contributed by atoms with Crippen molar-refractivity contribution >= 4 is 23.1 Å². The molecule has 4 rings (SSSR count). The van der Waals surface area contributed by atoms with Gasteiger partial charge in [-0.1, -0.05) is 19.3 Å². The Morgan fingerprint density at radius 2 is 1.77 bits per heavy atom. The number of piperidine rings is 1. The molecule has 1 aliphatic heterocycles. The van der Waals surface area contributed by atoms with Gasteiger partial charge in [-0.2, -0.15) is 4.98 Å². The molecule has 194 valence electrons. The van der Waals surface area contributed by atoms with Crippen LogP contribution < -0.4 is 26.6 Å². The molecule has 0 atom stereocenters. The molecule has 35 heavy (non-hydrogen) atoms. The van der Waals surface area contributed by atoms with Crippen LogP contribution in [-0.4, -0.2) is 59.8 Å². The van der Waals surface area contributed by atoms with Crippen LogP contribution in [0.15, 0.2) is 11.4 Å². The first-order chi connectivity index (χ1) is 17.2. The van der Waals surface area contributed by atoms with Gasteiger partial charge in [-0.05, 0) is 84.6 Å². The van der Waals surface area contributed by atoms with Crippen molar-refractivity contribution in [1.82, 2.24) is 30.9 Å². The SMILES string of the molecule is Cc1cc(NC2CCNCC2)nc(NCc2nc(CCCNCCCNC3CCCCC3)cs2)n1. The first-order valence-electron chi connectivity index (χ1n) is 13.7. The highest BCUT2D eigenvalue weighted by Gasteiger charge is 2.14. The predicted molar refractivity (Wildman–Crippen MR) is 146 cm³/mol. The van der Waals surface area contributed by atoms with Crippen molar-refractivity contribution in [3.63, 3.8) is 0 Å². The smallest absolute Gasteiger partial charge is 0.225 e. The largest absolute Gasteiger partial charge is 0.367 e. The fourth-order valence-corrected chi connectivity index (χ4v) is 5.71. The number of aromatic nitrogens is 3. The minimum Gasteiger partial charge on any atom is -0.367 e. The van der Waals surface area contributed by atoms with Crippen LogP contribution in [0, 0.1) is 6.92 Å². The van der Waals surface area contributed by atoms with E-state index in [0.29, 0.717) is 18.5 Å². The van der Waals surface area contributed by atoms with E-state index in [2.05, 4.69) is 41.9 Å². The average molecular weight is 501 g/mol. The second kappa shape index (κ2) is 14.7. The van der Waals surface area contributed by atoms with Crippen LogP contribution in [0.5, 0.6) is 0 Å². The van der Waals surface area contributed by atoms with Gasteiger partial charge in [0.25, 0.3) is 0 Å². The van der Waals surface area contributed by atoms with Gasteiger partial charge in [0, 0.05) is 29.2 Å². The van der Waals surface area contributed by atoms with E-state index in [4.69, 9.17) is 4.98 Å². The number of anilines is 2. The maximum absolute atomic E-state index is 4.80. The highest BCUT2D eigenvalue weighted by atomic mass is 32.1. The molecule has 0 radical (unpaired) electrons. The lowest BCUT2D eigenvalue weighted by Gasteiger charge is -2.24. The van der Waals surface area contributed by atoms with E-state index in [-0.39, 0.29) is 0 Å². The van der Waals surface area contributed by atoms with Crippen molar-refractivity contribution in [3.05, 3.63) is 27.8 Å². The van der Waals surface area contributed by atoms with Crippen molar-refractivity contribution in [2.45, 2.75) is 89.8 Å². The summed E-state index contributed by atoms with van der Waals surface area (Å²) in [5.74, 6) is 1.57. The molecule has 2 aromatic rings. The quantitative estimate of drug-likeness (QED) is 0.250. The summed E-state index contributed by atoms with van der Waals surface area (Å²) in [6.45, 7) is 8.09. The van der Waals surface area contributed by atoms with Crippen LogP contribution in [0.25, 0.3) is 0 Å². The first kappa shape index (κ1) is 26.3. The monoisotopic (exact) mass is 500 g/mol. The molecule has 0 unspecified atom stereocenters. The second-order valence-corrected chi connectivity index (χ2v) is 10.9. The minimum atomic E-state index is 0.479. The van der Waals surface area contributed by atoms with Crippen molar-refractivity contribution in [2.75, 3.05) is 43.4 Å². The first-order valence-corrected chi connectivity index (χ1v) is 14.6. The fraction of sp³-hybridized carbons (Fsp3) is 0.731. The Kier molecular flexibility index (Phi) is 11.0. The zero-order chi connectivity index (χ0) is 24.1. The van der Waals surface area contributed by atoms with Gasteiger partial charge in [-0.25, -0.2) is 9.97 Å².